The number of fused-ring (bicyclic) bond motifs is 9. The van der Waals surface area contributed by atoms with Gasteiger partial charge in [0.15, 0.2) is 0 Å². The monoisotopic (exact) mass is 862 g/mol. The molecule has 4 aliphatic heterocycles. The third-order valence-corrected chi connectivity index (χ3v) is 13.9. The summed E-state index contributed by atoms with van der Waals surface area (Å²) >= 11 is 0. The lowest BCUT2D eigenvalue weighted by molar-refractivity contribution is -0.134. The molecule has 63 heavy (non-hydrogen) atoms. The molecule has 7 heterocycles. The van der Waals surface area contributed by atoms with E-state index in [0.717, 1.165) is 75.0 Å². The van der Waals surface area contributed by atoms with Crippen LogP contribution in [0.2, 0.25) is 0 Å². The van der Waals surface area contributed by atoms with Crippen molar-refractivity contribution in [3.63, 3.8) is 0 Å². The molecular formula is C46H52F2N10O5. The molecule has 3 amide bonds. The summed E-state index contributed by atoms with van der Waals surface area (Å²) in [5, 5.41) is 20.1. The van der Waals surface area contributed by atoms with Gasteiger partial charge in [-0.2, -0.15) is 5.10 Å². The second kappa shape index (κ2) is 16.6. The molecule has 3 atom stereocenters. The van der Waals surface area contributed by atoms with Crippen LogP contribution >= 0.6 is 0 Å². The second-order valence-corrected chi connectivity index (χ2v) is 17.9. The highest BCUT2D eigenvalue weighted by atomic mass is 19.1. The number of hydrogen-bond acceptors (Lipinski definition) is 11. The first kappa shape index (κ1) is 41.1. The van der Waals surface area contributed by atoms with Crippen molar-refractivity contribution in [1.29, 1.82) is 0 Å². The second-order valence-electron chi connectivity index (χ2n) is 17.9. The van der Waals surface area contributed by atoms with Crippen LogP contribution in [0.15, 0.2) is 42.5 Å². The van der Waals surface area contributed by atoms with Crippen LogP contribution in [0.3, 0.4) is 0 Å². The number of aryl methyl sites for hydroxylation is 2. The van der Waals surface area contributed by atoms with Crippen molar-refractivity contribution >= 4 is 46.1 Å². The van der Waals surface area contributed by atoms with Crippen molar-refractivity contribution in [1.82, 2.24) is 34.5 Å². The number of ether oxygens (including phenoxy) is 1. The summed E-state index contributed by atoms with van der Waals surface area (Å²) in [6.07, 6.45) is 4.86. The van der Waals surface area contributed by atoms with Crippen LogP contribution in [-0.2, 0) is 29.8 Å². The highest BCUT2D eigenvalue weighted by Gasteiger charge is 2.35. The molecule has 2 aromatic carbocycles. The molecule has 17 heteroatoms. The number of pyridine rings is 1. The summed E-state index contributed by atoms with van der Waals surface area (Å²) in [6.45, 7) is 7.52. The summed E-state index contributed by atoms with van der Waals surface area (Å²) in [4.78, 5) is 54.7. The van der Waals surface area contributed by atoms with Gasteiger partial charge in [0, 0.05) is 93.5 Å². The molecule has 3 saturated heterocycles. The van der Waals surface area contributed by atoms with Crippen LogP contribution in [0.4, 0.5) is 26.1 Å². The van der Waals surface area contributed by atoms with Crippen LogP contribution in [-0.4, -0.2) is 104 Å². The highest BCUT2D eigenvalue weighted by molar-refractivity contribution is 6.05. The van der Waals surface area contributed by atoms with Crippen LogP contribution in [0, 0.1) is 30.4 Å². The van der Waals surface area contributed by atoms with Crippen LogP contribution < -0.4 is 25.2 Å². The highest BCUT2D eigenvalue weighted by Crippen LogP contribution is 2.39. The molecular weight excluding hydrogens is 811 g/mol. The minimum absolute atomic E-state index is 0.0535. The molecule has 1 saturated carbocycles. The Bertz CT molecular complexity index is 2590. The van der Waals surface area contributed by atoms with Gasteiger partial charge in [0.2, 0.25) is 23.6 Å². The number of piperidine rings is 2. The Labute approximate surface area is 363 Å². The fraction of sp³-hybridized carbons (Fsp3) is 0.478. The zero-order chi connectivity index (χ0) is 43.5. The van der Waals surface area contributed by atoms with Gasteiger partial charge in [-0.3, -0.25) is 34.9 Å². The van der Waals surface area contributed by atoms with Crippen molar-refractivity contribution in [3.8, 4) is 17.1 Å². The minimum atomic E-state index is -1.02. The summed E-state index contributed by atoms with van der Waals surface area (Å²) in [6, 6.07) is 12.8. The Morgan fingerprint density at radius 2 is 1.59 bits per heavy atom. The van der Waals surface area contributed by atoms with Crippen molar-refractivity contribution < 1.29 is 33.0 Å². The van der Waals surface area contributed by atoms with E-state index in [1.54, 1.807) is 23.9 Å². The van der Waals surface area contributed by atoms with E-state index in [1.165, 1.54) is 12.1 Å². The van der Waals surface area contributed by atoms with Crippen LogP contribution in [0.25, 0.3) is 22.3 Å². The van der Waals surface area contributed by atoms with Gasteiger partial charge in [-0.25, -0.2) is 18.4 Å². The quantitative estimate of drug-likeness (QED) is 0.197. The van der Waals surface area contributed by atoms with E-state index in [4.69, 9.17) is 14.7 Å². The van der Waals surface area contributed by atoms with Crippen LogP contribution in [0.1, 0.15) is 78.2 Å². The number of carbonyl (C=O) groups excluding carboxylic acids is 3. The number of aliphatic hydroxyl groups is 1. The first-order valence-electron chi connectivity index (χ1n) is 22.2. The van der Waals surface area contributed by atoms with Gasteiger partial charge in [0.25, 0.3) is 5.91 Å². The molecule has 0 radical (unpaired) electrons. The summed E-state index contributed by atoms with van der Waals surface area (Å²) in [5.74, 6) is -2.19. The number of piperazine rings is 1. The van der Waals surface area contributed by atoms with E-state index >= 15 is 8.78 Å². The number of hydrogen-bond donors (Lipinski definition) is 3. The van der Waals surface area contributed by atoms with E-state index in [2.05, 4.69) is 42.2 Å². The molecule has 10 rings (SSSR count). The first-order valence-corrected chi connectivity index (χ1v) is 22.2. The molecule has 0 unspecified atom stereocenters. The Morgan fingerprint density at radius 1 is 0.841 bits per heavy atom. The maximum atomic E-state index is 15.3. The molecule has 5 aromatic rings. The number of benzene rings is 2. The molecule has 3 aromatic heterocycles. The molecule has 4 fully saturated rings. The predicted molar refractivity (Wildman–Crippen MR) is 232 cm³/mol. The maximum absolute atomic E-state index is 15.3. The van der Waals surface area contributed by atoms with Gasteiger partial charge >= 0.3 is 0 Å². The number of imidazole rings is 1. The lowest BCUT2D eigenvalue weighted by Crippen LogP contribution is -2.53. The lowest BCUT2D eigenvalue weighted by atomic mass is 9.89. The Kier molecular flexibility index (Phi) is 10.9. The minimum Gasteiger partial charge on any atom is -0.477 e. The van der Waals surface area contributed by atoms with E-state index < -0.39 is 29.4 Å². The summed E-state index contributed by atoms with van der Waals surface area (Å²) in [5.41, 5.74) is 5.69. The van der Waals surface area contributed by atoms with E-state index in [9.17, 15) is 19.5 Å². The van der Waals surface area contributed by atoms with Crippen LogP contribution in [0.5, 0.6) is 5.88 Å². The number of nitrogens with one attached hydrogen (secondary N) is 2. The standard InChI is InChI=1S/C46H52F2N10O5/c1-26-17-29-19-37(49-26)42-38(24-59)53-54(2)45(42)63-25-28-4-3-27(18-28)23-58-39-22-31(5-7-36(39)50-46(58)52-43(29)61)57-15-13-56(14-16-57)30-9-11-55(12-10-30)32-20-34(47)41(35(48)21-32)33-6-8-40(60)51-44(33)62/h5,7,17,19-22,27-28,30,33,59H,3-4,6,8-16,18,23-25H2,1-2H3,(H,50,52,61)(H,51,60,62)/t27-,28+,33-/m1/s1. The van der Waals surface area contributed by atoms with E-state index in [1.807, 2.05) is 17.9 Å². The van der Waals surface area contributed by atoms with Crippen molar-refractivity contribution in [2.24, 2.45) is 18.9 Å². The molecule has 4 bridgehead atoms. The molecule has 15 nitrogen and oxygen atoms in total. The third-order valence-electron chi connectivity index (χ3n) is 13.9. The Morgan fingerprint density at radius 3 is 2.33 bits per heavy atom. The fourth-order valence-corrected chi connectivity index (χ4v) is 10.6. The van der Waals surface area contributed by atoms with E-state index in [-0.39, 0.29) is 30.9 Å². The number of imide groups is 1. The number of halogens is 2. The van der Waals surface area contributed by atoms with Gasteiger partial charge in [-0.1, -0.05) is 0 Å². The number of anilines is 3. The average Bonchev–Trinajstić information content (AvgIpc) is 3.97. The number of aromatic nitrogens is 5. The van der Waals surface area contributed by atoms with Gasteiger partial charge < -0.3 is 24.2 Å². The molecule has 330 valence electrons. The average molecular weight is 863 g/mol. The SMILES string of the molecule is Cc1cc2cc(n1)-c1c(CO)nn(C)c1OC[C@H]1CC[C@H](C1)Cn1c(nc3ccc(N4CCN(C5CCN(c6cc(F)c([C@H]7CCC(=O)NC7=O)c(F)c6)CC5)CC4)cc31)NC2=O. The fourth-order valence-electron chi connectivity index (χ4n) is 10.6. The van der Waals surface area contributed by atoms with Gasteiger partial charge in [-0.05, 0) is 99.7 Å². The van der Waals surface area contributed by atoms with Gasteiger partial charge in [-0.15, -0.1) is 0 Å². The molecule has 3 N–H and O–H groups in total. The van der Waals surface area contributed by atoms with Crippen molar-refractivity contribution in [2.45, 2.75) is 77.0 Å². The lowest BCUT2D eigenvalue weighted by Gasteiger charge is -2.44. The number of amides is 3. The molecule has 1 aliphatic carbocycles. The molecule has 0 spiro atoms. The zero-order valence-electron chi connectivity index (χ0n) is 35.6. The van der Waals surface area contributed by atoms with Gasteiger partial charge in [0.1, 0.15) is 17.3 Å². The van der Waals surface area contributed by atoms with Gasteiger partial charge in [0.05, 0.1) is 41.4 Å². The number of nitrogens with zero attached hydrogens (tertiary/aromatic N) is 8. The number of carbonyl (C=O) groups is 3. The number of aliphatic hydroxyl groups excluding tert-OH is 1. The maximum Gasteiger partial charge on any atom is 0.258 e. The largest absolute Gasteiger partial charge is 0.477 e. The Hall–Kier alpha value is -5.94. The normalized spacial score (nSPS) is 22.6. The third kappa shape index (κ3) is 7.89. The summed E-state index contributed by atoms with van der Waals surface area (Å²) in [7, 11) is 1.79. The zero-order valence-corrected chi connectivity index (χ0v) is 35.6. The van der Waals surface area contributed by atoms with E-state index in [0.29, 0.717) is 89.8 Å². The summed E-state index contributed by atoms with van der Waals surface area (Å²) < 4.78 is 40.9. The predicted octanol–water partition coefficient (Wildman–Crippen LogP) is 5.28. The topological polar surface area (TPSA) is 163 Å². The first-order chi connectivity index (χ1) is 30.5. The Balaban J connectivity index is 0.833. The van der Waals surface area contributed by atoms with Crippen molar-refractivity contribution in [2.75, 3.05) is 61.0 Å². The molecule has 5 aliphatic rings. The smallest absolute Gasteiger partial charge is 0.258 e. The number of rotatable bonds is 5. The van der Waals surface area contributed by atoms with Crippen molar-refractivity contribution in [3.05, 3.63) is 76.6 Å².